The number of rotatable bonds is 5. The Morgan fingerprint density at radius 2 is 2.28 bits per heavy atom. The van der Waals surface area contributed by atoms with Crippen LogP contribution in [0.25, 0.3) is 0 Å². The third-order valence-electron chi connectivity index (χ3n) is 4.00. The summed E-state index contributed by atoms with van der Waals surface area (Å²) in [6, 6.07) is 0.613. The fraction of sp³-hybridized carbons (Fsp3) is 0.857. The van der Waals surface area contributed by atoms with E-state index in [-0.39, 0.29) is 0 Å². The Morgan fingerprint density at radius 1 is 1.50 bits per heavy atom. The van der Waals surface area contributed by atoms with Gasteiger partial charge < -0.3 is 5.32 Å². The van der Waals surface area contributed by atoms with Gasteiger partial charge in [0.1, 0.15) is 12.2 Å². The van der Waals surface area contributed by atoms with Gasteiger partial charge in [-0.1, -0.05) is 34.1 Å². The lowest BCUT2D eigenvalue weighted by atomic mass is 9.87. The molecule has 1 aromatic heterocycles. The van der Waals surface area contributed by atoms with Crippen molar-refractivity contribution in [1.29, 1.82) is 0 Å². The first-order chi connectivity index (χ1) is 8.49. The van der Waals surface area contributed by atoms with E-state index in [0.29, 0.717) is 17.4 Å². The lowest BCUT2D eigenvalue weighted by Gasteiger charge is -2.27. The van der Waals surface area contributed by atoms with Crippen molar-refractivity contribution in [1.82, 2.24) is 20.1 Å². The van der Waals surface area contributed by atoms with Crippen LogP contribution in [0.2, 0.25) is 0 Å². The minimum absolute atomic E-state index is 0.420. The standard InChI is InChI=1S/C14H26N4/c1-11(2)9-18-13(16-10-17-18)8-15-12-6-5-7-14(12,3)4/h10-12,15H,5-9H2,1-4H3. The zero-order valence-corrected chi connectivity index (χ0v) is 12.1. The molecule has 1 atom stereocenters. The monoisotopic (exact) mass is 250 g/mol. The van der Waals surface area contributed by atoms with Gasteiger partial charge in [0.05, 0.1) is 6.54 Å². The normalized spacial score (nSPS) is 22.8. The average Bonchev–Trinajstić information content (AvgIpc) is 2.81. The van der Waals surface area contributed by atoms with Crippen molar-refractivity contribution in [2.24, 2.45) is 11.3 Å². The Bertz CT molecular complexity index is 381. The number of hydrogen-bond acceptors (Lipinski definition) is 3. The molecule has 2 rings (SSSR count). The first-order valence-corrected chi connectivity index (χ1v) is 7.09. The fourth-order valence-corrected chi connectivity index (χ4v) is 2.84. The molecule has 18 heavy (non-hydrogen) atoms. The van der Waals surface area contributed by atoms with Gasteiger partial charge in [-0.25, -0.2) is 9.67 Å². The van der Waals surface area contributed by atoms with Crippen molar-refractivity contribution in [2.45, 2.75) is 66.1 Å². The zero-order chi connectivity index (χ0) is 13.2. The molecule has 1 fully saturated rings. The van der Waals surface area contributed by atoms with Gasteiger partial charge in [0.15, 0.2) is 0 Å². The van der Waals surface area contributed by atoms with Crippen LogP contribution in [0.15, 0.2) is 6.33 Å². The highest BCUT2D eigenvalue weighted by Gasteiger charge is 2.34. The van der Waals surface area contributed by atoms with Crippen LogP contribution in [0.4, 0.5) is 0 Å². The maximum atomic E-state index is 4.37. The molecule has 1 aromatic rings. The van der Waals surface area contributed by atoms with Gasteiger partial charge in [-0.2, -0.15) is 5.10 Å². The van der Waals surface area contributed by atoms with E-state index in [4.69, 9.17) is 0 Å². The summed E-state index contributed by atoms with van der Waals surface area (Å²) >= 11 is 0. The summed E-state index contributed by atoms with van der Waals surface area (Å²) < 4.78 is 2.03. The SMILES string of the molecule is CC(C)Cn1ncnc1CNC1CCCC1(C)C. The van der Waals surface area contributed by atoms with Gasteiger partial charge in [-0.15, -0.1) is 0 Å². The second kappa shape index (κ2) is 5.39. The highest BCUT2D eigenvalue weighted by Crippen LogP contribution is 2.37. The van der Waals surface area contributed by atoms with Crippen molar-refractivity contribution < 1.29 is 0 Å². The van der Waals surface area contributed by atoms with Crippen molar-refractivity contribution in [3.63, 3.8) is 0 Å². The van der Waals surface area contributed by atoms with Gasteiger partial charge in [-0.3, -0.25) is 0 Å². The second-order valence-electron chi connectivity index (χ2n) is 6.57. The number of aromatic nitrogens is 3. The van der Waals surface area contributed by atoms with Crippen LogP contribution < -0.4 is 5.32 Å². The molecule has 0 amide bonds. The van der Waals surface area contributed by atoms with Gasteiger partial charge in [-0.05, 0) is 24.2 Å². The van der Waals surface area contributed by atoms with E-state index >= 15 is 0 Å². The predicted octanol–water partition coefficient (Wildman–Crippen LogP) is 2.60. The molecule has 1 aliphatic rings. The third-order valence-corrected chi connectivity index (χ3v) is 4.00. The quantitative estimate of drug-likeness (QED) is 0.873. The molecule has 1 saturated carbocycles. The molecule has 102 valence electrons. The third kappa shape index (κ3) is 3.10. The van der Waals surface area contributed by atoms with Crippen LogP contribution in [-0.4, -0.2) is 20.8 Å². The van der Waals surface area contributed by atoms with Crippen molar-refractivity contribution in [2.75, 3.05) is 0 Å². The zero-order valence-electron chi connectivity index (χ0n) is 12.1. The first kappa shape index (κ1) is 13.5. The van der Waals surface area contributed by atoms with Crippen LogP contribution in [0, 0.1) is 11.3 Å². The predicted molar refractivity (Wildman–Crippen MR) is 73.1 cm³/mol. The minimum atomic E-state index is 0.420. The van der Waals surface area contributed by atoms with Gasteiger partial charge in [0, 0.05) is 12.6 Å². The molecule has 0 radical (unpaired) electrons. The first-order valence-electron chi connectivity index (χ1n) is 7.09. The van der Waals surface area contributed by atoms with E-state index in [0.717, 1.165) is 18.9 Å². The number of hydrogen-bond donors (Lipinski definition) is 1. The molecule has 4 heteroatoms. The van der Waals surface area contributed by atoms with Crippen LogP contribution in [-0.2, 0) is 13.1 Å². The summed E-state index contributed by atoms with van der Waals surface area (Å²) in [6.07, 6.45) is 5.61. The molecule has 4 nitrogen and oxygen atoms in total. The lowest BCUT2D eigenvalue weighted by Crippen LogP contribution is -2.37. The number of nitrogens with one attached hydrogen (secondary N) is 1. The highest BCUT2D eigenvalue weighted by atomic mass is 15.3. The Labute approximate surface area is 110 Å². The average molecular weight is 250 g/mol. The van der Waals surface area contributed by atoms with Crippen molar-refractivity contribution >= 4 is 0 Å². The Balaban J connectivity index is 1.92. The minimum Gasteiger partial charge on any atom is -0.307 e. The second-order valence-corrected chi connectivity index (χ2v) is 6.57. The highest BCUT2D eigenvalue weighted by molar-refractivity contribution is 4.93. The molecule has 0 aromatic carbocycles. The molecule has 0 saturated heterocycles. The van der Waals surface area contributed by atoms with Crippen LogP contribution in [0.5, 0.6) is 0 Å². The van der Waals surface area contributed by atoms with E-state index < -0.39 is 0 Å². The van der Waals surface area contributed by atoms with E-state index in [1.165, 1.54) is 19.3 Å². The van der Waals surface area contributed by atoms with Gasteiger partial charge >= 0.3 is 0 Å². The van der Waals surface area contributed by atoms with Crippen molar-refractivity contribution in [3.8, 4) is 0 Å². The van der Waals surface area contributed by atoms with Gasteiger partial charge in [0.2, 0.25) is 0 Å². The van der Waals surface area contributed by atoms with E-state index in [1.807, 2.05) is 4.68 Å². The van der Waals surface area contributed by atoms with E-state index in [2.05, 4.69) is 43.1 Å². The molecule has 1 N–H and O–H groups in total. The summed E-state index contributed by atoms with van der Waals surface area (Å²) in [5.41, 5.74) is 0.420. The number of nitrogens with zero attached hydrogens (tertiary/aromatic N) is 3. The van der Waals surface area contributed by atoms with Gasteiger partial charge in [0.25, 0.3) is 0 Å². The van der Waals surface area contributed by atoms with Crippen molar-refractivity contribution in [3.05, 3.63) is 12.2 Å². The summed E-state index contributed by atoms with van der Waals surface area (Å²) in [5, 5.41) is 7.97. The van der Waals surface area contributed by atoms with Crippen LogP contribution in [0.3, 0.4) is 0 Å². The van der Waals surface area contributed by atoms with Crippen LogP contribution >= 0.6 is 0 Å². The van der Waals surface area contributed by atoms with Crippen LogP contribution in [0.1, 0.15) is 52.8 Å². The molecule has 1 aliphatic carbocycles. The Hall–Kier alpha value is -0.900. The Kier molecular flexibility index (Phi) is 4.05. The maximum absolute atomic E-state index is 4.37. The molecular formula is C14H26N4. The Morgan fingerprint density at radius 3 is 2.89 bits per heavy atom. The summed E-state index contributed by atoms with van der Waals surface area (Å²) in [5.74, 6) is 1.67. The fourth-order valence-electron chi connectivity index (χ4n) is 2.84. The molecule has 0 bridgehead atoms. The van der Waals surface area contributed by atoms with E-state index in [9.17, 15) is 0 Å². The molecule has 1 unspecified atom stereocenters. The summed E-state index contributed by atoms with van der Waals surface area (Å²) in [7, 11) is 0. The summed E-state index contributed by atoms with van der Waals surface area (Å²) in [6.45, 7) is 10.9. The smallest absolute Gasteiger partial charge is 0.140 e. The van der Waals surface area contributed by atoms with E-state index in [1.54, 1.807) is 6.33 Å². The lowest BCUT2D eigenvalue weighted by molar-refractivity contribution is 0.278. The molecule has 0 aliphatic heterocycles. The summed E-state index contributed by atoms with van der Waals surface area (Å²) in [4.78, 5) is 4.37. The largest absolute Gasteiger partial charge is 0.307 e. The molecular weight excluding hydrogens is 224 g/mol. The molecule has 0 spiro atoms. The maximum Gasteiger partial charge on any atom is 0.140 e. The molecule has 1 heterocycles. The topological polar surface area (TPSA) is 42.7 Å².